The number of carbonyl (C=O) groups excluding carboxylic acids is 1. The first-order valence-electron chi connectivity index (χ1n) is 12.6. The number of likely N-dealkylation sites (N-methyl/N-ethyl adjacent to an activating group) is 1. The Morgan fingerprint density at radius 3 is 1.52 bits per heavy atom. The molecule has 0 saturated carbocycles. The van der Waals surface area contributed by atoms with Gasteiger partial charge in [0, 0.05) is 41.0 Å². The first-order valence-corrected chi connectivity index (χ1v) is 12.6. The number of esters is 1. The Bertz CT molecular complexity index is 590. The summed E-state index contributed by atoms with van der Waals surface area (Å²) in [6.45, 7) is 28.5. The van der Waals surface area contributed by atoms with Gasteiger partial charge in [0.1, 0.15) is 6.10 Å². The summed E-state index contributed by atoms with van der Waals surface area (Å²) in [5.41, 5.74) is 0.318. The van der Waals surface area contributed by atoms with Crippen molar-refractivity contribution in [2.24, 2.45) is 0 Å². The van der Waals surface area contributed by atoms with E-state index in [2.05, 4.69) is 90.9 Å². The van der Waals surface area contributed by atoms with E-state index in [1.165, 1.54) is 0 Å². The van der Waals surface area contributed by atoms with Crippen LogP contribution < -0.4 is 0 Å². The summed E-state index contributed by atoms with van der Waals surface area (Å²) in [5, 5.41) is 0. The van der Waals surface area contributed by atoms with Gasteiger partial charge in [-0.15, -0.1) is 0 Å². The molecule has 0 spiro atoms. The third-order valence-corrected chi connectivity index (χ3v) is 8.03. The minimum Gasteiger partial charge on any atom is -0.461 e. The highest BCUT2D eigenvalue weighted by atomic mass is 16.5. The van der Waals surface area contributed by atoms with Gasteiger partial charge in [0.25, 0.3) is 0 Å². The van der Waals surface area contributed by atoms with Crippen LogP contribution in [0, 0.1) is 0 Å². The molecule has 0 aromatic heterocycles. The van der Waals surface area contributed by atoms with Gasteiger partial charge in [-0.25, -0.2) is 0 Å². The van der Waals surface area contributed by atoms with E-state index in [1.807, 2.05) is 0 Å². The Kier molecular flexibility index (Phi) is 7.98. The number of hydrogen-bond donors (Lipinski definition) is 0. The van der Waals surface area contributed by atoms with Crippen LogP contribution in [0.2, 0.25) is 0 Å². The number of ether oxygens (including phenoxy) is 1. The zero-order valence-electron chi connectivity index (χ0n) is 22.5. The van der Waals surface area contributed by atoms with Crippen molar-refractivity contribution in [3.63, 3.8) is 0 Å². The largest absolute Gasteiger partial charge is 0.461 e. The average Bonchev–Trinajstić information content (AvgIpc) is 2.55. The van der Waals surface area contributed by atoms with E-state index < -0.39 is 0 Å². The smallest absolute Gasteiger partial charge is 0.320 e. The number of piperidine rings is 2. The molecule has 31 heavy (non-hydrogen) atoms. The highest BCUT2D eigenvalue weighted by Crippen LogP contribution is 2.41. The summed E-state index contributed by atoms with van der Waals surface area (Å²) in [6.07, 6.45) is 3.96. The van der Waals surface area contributed by atoms with Crippen LogP contribution in [0.15, 0.2) is 0 Å². The number of hydrogen-bond acceptors (Lipinski definition) is 5. The van der Waals surface area contributed by atoms with Gasteiger partial charge in [-0.05, 0) is 87.9 Å². The van der Waals surface area contributed by atoms with Gasteiger partial charge in [0.2, 0.25) is 0 Å². The fourth-order valence-electron chi connectivity index (χ4n) is 7.43. The number of carbonyl (C=O) groups is 1. The summed E-state index contributed by atoms with van der Waals surface area (Å²) < 4.78 is 6.11. The summed E-state index contributed by atoms with van der Waals surface area (Å²) >= 11 is 0. The quantitative estimate of drug-likeness (QED) is 0.528. The van der Waals surface area contributed by atoms with Gasteiger partial charge in [0.05, 0.1) is 6.54 Å². The molecular weight excluding hydrogens is 386 g/mol. The molecule has 2 saturated heterocycles. The van der Waals surface area contributed by atoms with Gasteiger partial charge in [-0.2, -0.15) is 0 Å². The number of rotatable bonds is 7. The van der Waals surface area contributed by atoms with Crippen LogP contribution in [0.3, 0.4) is 0 Å². The van der Waals surface area contributed by atoms with Crippen LogP contribution in [0.5, 0.6) is 0 Å². The van der Waals surface area contributed by atoms with Crippen molar-refractivity contribution >= 4 is 5.97 Å². The van der Waals surface area contributed by atoms with Crippen molar-refractivity contribution in [1.29, 1.82) is 0 Å². The molecule has 0 atom stereocenters. The molecule has 0 bridgehead atoms. The van der Waals surface area contributed by atoms with E-state index in [4.69, 9.17) is 4.74 Å². The summed E-state index contributed by atoms with van der Waals surface area (Å²) in [7, 11) is 0. The van der Waals surface area contributed by atoms with Crippen LogP contribution >= 0.6 is 0 Å². The SMILES string of the molecule is CCN(CC(=O)OC1CC(C)(C)N(CC)C(C)(C)C1)C1CC(C)(C)N(CC)C(C)(C)C1. The van der Waals surface area contributed by atoms with Crippen molar-refractivity contribution in [3.05, 3.63) is 0 Å². The maximum atomic E-state index is 13.1. The third kappa shape index (κ3) is 5.83. The lowest BCUT2D eigenvalue weighted by atomic mass is 9.76. The minimum atomic E-state index is -0.0584. The van der Waals surface area contributed by atoms with Crippen molar-refractivity contribution in [2.75, 3.05) is 26.2 Å². The Morgan fingerprint density at radius 2 is 1.16 bits per heavy atom. The van der Waals surface area contributed by atoms with Crippen molar-refractivity contribution in [2.45, 2.75) is 136 Å². The summed E-state index contributed by atoms with van der Waals surface area (Å²) in [6, 6.07) is 0.403. The topological polar surface area (TPSA) is 36.0 Å². The summed E-state index contributed by atoms with van der Waals surface area (Å²) in [5.74, 6) is -0.0584. The van der Waals surface area contributed by atoms with E-state index in [9.17, 15) is 4.79 Å². The maximum absolute atomic E-state index is 13.1. The van der Waals surface area contributed by atoms with Crippen molar-refractivity contribution in [3.8, 4) is 0 Å². The van der Waals surface area contributed by atoms with E-state index in [0.29, 0.717) is 12.6 Å². The van der Waals surface area contributed by atoms with E-state index in [-0.39, 0.29) is 34.2 Å². The first-order chi connectivity index (χ1) is 14.1. The van der Waals surface area contributed by atoms with E-state index in [0.717, 1.165) is 45.3 Å². The molecule has 2 rings (SSSR count). The second kappa shape index (κ2) is 9.30. The van der Waals surface area contributed by atoms with Crippen LogP contribution in [-0.2, 0) is 9.53 Å². The Labute approximate surface area is 192 Å². The Hall–Kier alpha value is -0.650. The lowest BCUT2D eigenvalue weighted by Gasteiger charge is -2.57. The normalized spacial score (nSPS) is 26.8. The van der Waals surface area contributed by atoms with Crippen LogP contribution in [0.1, 0.15) is 102 Å². The van der Waals surface area contributed by atoms with Gasteiger partial charge in [-0.3, -0.25) is 19.5 Å². The molecule has 0 aliphatic carbocycles. The number of likely N-dealkylation sites (tertiary alicyclic amines) is 2. The van der Waals surface area contributed by atoms with Crippen LogP contribution in [0.25, 0.3) is 0 Å². The molecule has 0 radical (unpaired) electrons. The molecule has 0 aromatic carbocycles. The van der Waals surface area contributed by atoms with Crippen molar-refractivity contribution in [1.82, 2.24) is 14.7 Å². The van der Waals surface area contributed by atoms with Crippen molar-refractivity contribution < 1.29 is 9.53 Å². The molecule has 0 aromatic rings. The van der Waals surface area contributed by atoms with Crippen LogP contribution in [-0.4, -0.2) is 81.1 Å². The van der Waals surface area contributed by atoms with Gasteiger partial charge in [0.15, 0.2) is 0 Å². The first kappa shape index (κ1) is 26.6. The molecule has 2 heterocycles. The average molecular weight is 438 g/mol. The van der Waals surface area contributed by atoms with E-state index in [1.54, 1.807) is 0 Å². The molecule has 0 N–H and O–H groups in total. The Morgan fingerprint density at radius 1 is 0.774 bits per heavy atom. The fraction of sp³-hybridized carbons (Fsp3) is 0.962. The monoisotopic (exact) mass is 437 g/mol. The summed E-state index contributed by atoms with van der Waals surface area (Å²) in [4.78, 5) is 20.6. The van der Waals surface area contributed by atoms with Crippen LogP contribution in [0.4, 0.5) is 0 Å². The predicted molar refractivity (Wildman–Crippen MR) is 130 cm³/mol. The van der Waals surface area contributed by atoms with Gasteiger partial charge in [-0.1, -0.05) is 20.8 Å². The Balaban J connectivity index is 2.05. The molecule has 2 fully saturated rings. The lowest BCUT2D eigenvalue weighted by Crippen LogP contribution is -2.64. The zero-order chi connectivity index (χ0) is 23.8. The van der Waals surface area contributed by atoms with Gasteiger partial charge < -0.3 is 4.74 Å². The molecule has 182 valence electrons. The molecule has 0 amide bonds. The highest BCUT2D eigenvalue weighted by Gasteiger charge is 2.47. The molecule has 2 aliphatic heterocycles. The second-order valence-electron chi connectivity index (χ2n) is 12.4. The molecule has 0 unspecified atom stereocenters. The zero-order valence-corrected chi connectivity index (χ0v) is 22.5. The molecule has 2 aliphatic rings. The number of nitrogens with zero attached hydrogens (tertiary/aromatic N) is 3. The minimum absolute atomic E-state index is 0.00572. The fourth-order valence-corrected chi connectivity index (χ4v) is 7.43. The van der Waals surface area contributed by atoms with E-state index >= 15 is 0 Å². The lowest BCUT2D eigenvalue weighted by molar-refractivity contribution is -0.163. The molecule has 5 heteroatoms. The molecule has 5 nitrogen and oxygen atoms in total. The highest BCUT2D eigenvalue weighted by molar-refractivity contribution is 5.72. The second-order valence-corrected chi connectivity index (χ2v) is 12.4. The standard InChI is InChI=1S/C26H51N3O2/c1-12-27(20-15-23(4,5)28(13-2)24(6,7)16-20)19-22(30)31-21-17-25(8,9)29(14-3)26(10,11)18-21/h20-21H,12-19H2,1-11H3. The predicted octanol–water partition coefficient (Wildman–Crippen LogP) is 4.93. The third-order valence-electron chi connectivity index (χ3n) is 8.03. The van der Waals surface area contributed by atoms with Gasteiger partial charge >= 0.3 is 5.97 Å². The maximum Gasteiger partial charge on any atom is 0.320 e. The molecular formula is C26H51N3O2.